The molecule has 120 valence electrons. The van der Waals surface area contributed by atoms with Crippen molar-refractivity contribution in [3.05, 3.63) is 30.1 Å². The Bertz CT molecular complexity index is 538. The number of piperazine rings is 1. The van der Waals surface area contributed by atoms with Gasteiger partial charge in [0.15, 0.2) is 0 Å². The van der Waals surface area contributed by atoms with Crippen molar-refractivity contribution in [2.24, 2.45) is 0 Å². The summed E-state index contributed by atoms with van der Waals surface area (Å²) in [4.78, 5) is 29.3. The van der Waals surface area contributed by atoms with Crippen LogP contribution in [0, 0.1) is 5.82 Å². The summed E-state index contributed by atoms with van der Waals surface area (Å²) in [5.41, 5.74) is 0.546. The molecule has 1 saturated heterocycles. The molecule has 0 unspecified atom stereocenters. The van der Waals surface area contributed by atoms with Crippen LogP contribution in [-0.2, 0) is 9.59 Å². The molecule has 0 saturated carbocycles. The Morgan fingerprint density at radius 1 is 1.09 bits per heavy atom. The van der Waals surface area contributed by atoms with Crippen LogP contribution in [0.1, 0.15) is 13.8 Å². The Labute approximate surface area is 130 Å². The number of rotatable bonds is 3. The molecule has 1 aliphatic heterocycles. The number of carbonyl (C=O) groups is 2. The Hall–Kier alpha value is -2.11. The lowest BCUT2D eigenvalue weighted by Crippen LogP contribution is -2.53. The van der Waals surface area contributed by atoms with Gasteiger partial charge in [-0.2, -0.15) is 0 Å². The minimum atomic E-state index is -0.461. The van der Waals surface area contributed by atoms with E-state index >= 15 is 0 Å². The fourth-order valence-electron chi connectivity index (χ4n) is 2.64. The van der Waals surface area contributed by atoms with Gasteiger partial charge in [-0.25, -0.2) is 4.39 Å². The van der Waals surface area contributed by atoms with Crippen molar-refractivity contribution in [2.75, 3.05) is 44.2 Å². The van der Waals surface area contributed by atoms with Gasteiger partial charge in [-0.1, -0.05) is 12.1 Å². The summed E-state index contributed by atoms with van der Waals surface area (Å²) in [6, 6.07) is 6.60. The molecule has 0 atom stereocenters. The number of carbonyl (C=O) groups excluding carboxylic acids is 2. The second kappa shape index (κ2) is 7.24. The molecule has 1 aliphatic rings. The van der Waals surface area contributed by atoms with Crippen LogP contribution >= 0.6 is 0 Å². The largest absolute Gasteiger partial charge is 0.366 e. The van der Waals surface area contributed by atoms with Gasteiger partial charge < -0.3 is 14.7 Å². The first-order chi connectivity index (χ1) is 10.6. The molecule has 1 fully saturated rings. The molecule has 0 N–H and O–H groups in total. The number of para-hydroxylation sites is 1. The normalized spacial score (nSPS) is 14.9. The van der Waals surface area contributed by atoms with E-state index in [1.165, 1.54) is 11.0 Å². The summed E-state index contributed by atoms with van der Waals surface area (Å²) in [5, 5.41) is 0. The van der Waals surface area contributed by atoms with Gasteiger partial charge in [0.1, 0.15) is 5.82 Å². The highest BCUT2D eigenvalue weighted by Crippen LogP contribution is 2.20. The number of hydrogen-bond donors (Lipinski definition) is 0. The van der Waals surface area contributed by atoms with Crippen molar-refractivity contribution in [1.82, 2.24) is 9.80 Å². The number of hydrogen-bond acceptors (Lipinski definition) is 3. The predicted molar refractivity (Wildman–Crippen MR) is 83.1 cm³/mol. The van der Waals surface area contributed by atoms with Gasteiger partial charge in [0, 0.05) is 39.3 Å². The maximum atomic E-state index is 13.8. The number of anilines is 1. The highest BCUT2D eigenvalue weighted by Gasteiger charge is 2.28. The predicted octanol–water partition coefficient (Wildman–Crippen LogP) is 1.34. The first kappa shape index (κ1) is 16.3. The van der Waals surface area contributed by atoms with Crippen molar-refractivity contribution in [2.45, 2.75) is 13.8 Å². The first-order valence-corrected chi connectivity index (χ1v) is 7.66. The van der Waals surface area contributed by atoms with Gasteiger partial charge in [-0.15, -0.1) is 0 Å². The molecule has 1 aromatic carbocycles. The second-order valence-corrected chi connectivity index (χ2v) is 5.21. The Kier molecular flexibility index (Phi) is 5.35. The third kappa shape index (κ3) is 3.37. The van der Waals surface area contributed by atoms with Gasteiger partial charge >= 0.3 is 11.8 Å². The van der Waals surface area contributed by atoms with E-state index in [9.17, 15) is 14.0 Å². The van der Waals surface area contributed by atoms with Crippen molar-refractivity contribution >= 4 is 17.5 Å². The van der Waals surface area contributed by atoms with Gasteiger partial charge in [0.25, 0.3) is 0 Å². The van der Waals surface area contributed by atoms with Crippen LogP contribution in [0.3, 0.4) is 0 Å². The molecule has 0 bridgehead atoms. The van der Waals surface area contributed by atoms with Crippen LogP contribution in [0.25, 0.3) is 0 Å². The monoisotopic (exact) mass is 307 g/mol. The second-order valence-electron chi connectivity index (χ2n) is 5.21. The quantitative estimate of drug-likeness (QED) is 0.792. The Balaban J connectivity index is 1.96. The Morgan fingerprint density at radius 3 is 2.23 bits per heavy atom. The molecule has 22 heavy (non-hydrogen) atoms. The van der Waals surface area contributed by atoms with E-state index in [1.54, 1.807) is 23.1 Å². The van der Waals surface area contributed by atoms with Gasteiger partial charge in [0.05, 0.1) is 5.69 Å². The summed E-state index contributed by atoms with van der Waals surface area (Å²) >= 11 is 0. The lowest BCUT2D eigenvalue weighted by Gasteiger charge is -2.36. The van der Waals surface area contributed by atoms with E-state index < -0.39 is 11.8 Å². The summed E-state index contributed by atoms with van der Waals surface area (Å²) < 4.78 is 13.8. The van der Waals surface area contributed by atoms with Crippen molar-refractivity contribution in [3.8, 4) is 0 Å². The number of benzene rings is 1. The third-order valence-corrected chi connectivity index (χ3v) is 3.99. The zero-order valence-electron chi connectivity index (χ0n) is 13.1. The lowest BCUT2D eigenvalue weighted by atomic mass is 10.2. The molecule has 2 amide bonds. The summed E-state index contributed by atoms with van der Waals surface area (Å²) in [6.45, 7) is 6.67. The molecule has 0 radical (unpaired) electrons. The minimum Gasteiger partial charge on any atom is -0.366 e. The summed E-state index contributed by atoms with van der Waals surface area (Å²) in [6.07, 6.45) is 0. The van der Waals surface area contributed by atoms with Crippen LogP contribution in [-0.4, -0.2) is 60.9 Å². The van der Waals surface area contributed by atoms with Crippen molar-refractivity contribution in [3.63, 3.8) is 0 Å². The number of likely N-dealkylation sites (N-methyl/N-ethyl adjacent to an activating group) is 1. The van der Waals surface area contributed by atoms with Crippen LogP contribution in [0.15, 0.2) is 24.3 Å². The maximum absolute atomic E-state index is 13.8. The minimum absolute atomic E-state index is 0.263. The zero-order valence-corrected chi connectivity index (χ0v) is 13.1. The number of nitrogens with zero attached hydrogens (tertiary/aromatic N) is 3. The molecule has 0 spiro atoms. The molecule has 0 aromatic heterocycles. The molecular weight excluding hydrogens is 285 g/mol. The van der Waals surface area contributed by atoms with E-state index in [1.807, 2.05) is 18.7 Å². The summed E-state index contributed by atoms with van der Waals surface area (Å²) in [5.74, 6) is -1.18. The first-order valence-electron chi connectivity index (χ1n) is 7.66. The van der Waals surface area contributed by atoms with E-state index in [4.69, 9.17) is 0 Å². The fourth-order valence-corrected chi connectivity index (χ4v) is 2.64. The molecular formula is C16H22FN3O2. The lowest BCUT2D eigenvalue weighted by molar-refractivity contribution is -0.151. The van der Waals surface area contributed by atoms with Crippen LogP contribution in [0.5, 0.6) is 0 Å². The Morgan fingerprint density at radius 2 is 1.68 bits per heavy atom. The smallest absolute Gasteiger partial charge is 0.312 e. The average molecular weight is 307 g/mol. The average Bonchev–Trinajstić information content (AvgIpc) is 2.56. The standard InChI is InChI=1S/C16H22FN3O2/c1-3-18(4-2)15(21)16(22)20-11-9-19(10-12-20)14-8-6-5-7-13(14)17/h5-8H,3-4,9-12H2,1-2H3. The molecule has 1 aromatic rings. The SMILES string of the molecule is CCN(CC)C(=O)C(=O)N1CCN(c2ccccc2F)CC1. The highest BCUT2D eigenvalue weighted by molar-refractivity contribution is 6.34. The molecule has 6 heteroatoms. The van der Waals surface area contributed by atoms with Gasteiger partial charge in [0.2, 0.25) is 0 Å². The van der Waals surface area contributed by atoms with Crippen LogP contribution in [0.4, 0.5) is 10.1 Å². The highest BCUT2D eigenvalue weighted by atomic mass is 19.1. The molecule has 1 heterocycles. The van der Waals surface area contributed by atoms with E-state index in [0.717, 1.165) is 0 Å². The fraction of sp³-hybridized carbons (Fsp3) is 0.500. The van der Waals surface area contributed by atoms with Gasteiger partial charge in [-0.05, 0) is 26.0 Å². The molecule has 2 rings (SSSR count). The number of amides is 2. The van der Waals surface area contributed by atoms with Gasteiger partial charge in [-0.3, -0.25) is 9.59 Å². The third-order valence-electron chi connectivity index (χ3n) is 3.99. The van der Waals surface area contributed by atoms with Crippen molar-refractivity contribution < 1.29 is 14.0 Å². The zero-order chi connectivity index (χ0) is 16.1. The number of halogens is 1. The van der Waals surface area contributed by atoms with E-state index in [0.29, 0.717) is 45.0 Å². The van der Waals surface area contributed by atoms with Crippen LogP contribution < -0.4 is 4.90 Å². The topological polar surface area (TPSA) is 43.9 Å². The molecule has 5 nitrogen and oxygen atoms in total. The molecule has 0 aliphatic carbocycles. The summed E-state index contributed by atoms with van der Waals surface area (Å²) in [7, 11) is 0. The van der Waals surface area contributed by atoms with Crippen molar-refractivity contribution in [1.29, 1.82) is 0 Å². The van der Waals surface area contributed by atoms with E-state index in [-0.39, 0.29) is 5.82 Å². The maximum Gasteiger partial charge on any atom is 0.312 e. The van der Waals surface area contributed by atoms with E-state index in [2.05, 4.69) is 0 Å². The van der Waals surface area contributed by atoms with Crippen LogP contribution in [0.2, 0.25) is 0 Å².